The van der Waals surface area contributed by atoms with Crippen molar-refractivity contribution in [3.8, 4) is 11.1 Å². The largest absolute Gasteiger partial charge is 0.480 e. The van der Waals surface area contributed by atoms with E-state index in [4.69, 9.17) is 0 Å². The van der Waals surface area contributed by atoms with E-state index in [1.807, 2.05) is 61.7 Å². The number of hydrogen-bond donors (Lipinski definition) is 3. The summed E-state index contributed by atoms with van der Waals surface area (Å²) in [6.45, 7) is 4.57. The molecule has 0 saturated carbocycles. The zero-order chi connectivity index (χ0) is 27.1. The Hall–Kier alpha value is -3.13. The van der Waals surface area contributed by atoms with E-state index in [9.17, 15) is 19.8 Å². The van der Waals surface area contributed by atoms with E-state index >= 15 is 0 Å². The van der Waals surface area contributed by atoms with Crippen molar-refractivity contribution in [2.45, 2.75) is 38.5 Å². The number of carbonyl (C=O) groups excluding carboxylic acids is 1. The van der Waals surface area contributed by atoms with Gasteiger partial charge in [-0.05, 0) is 78.3 Å². The molecule has 2 unspecified atom stereocenters. The molecule has 3 aromatic rings. The third kappa shape index (κ3) is 6.84. The quantitative estimate of drug-likeness (QED) is 0.316. The fraction of sp³-hybridized carbons (Fsp3) is 0.355. The monoisotopic (exact) mass is 532 g/mol. The Morgan fingerprint density at radius 2 is 1.79 bits per heavy atom. The van der Waals surface area contributed by atoms with Crippen LogP contribution < -0.4 is 5.32 Å². The number of aliphatic hydroxyl groups excluding tert-OH is 1. The zero-order valence-electron chi connectivity index (χ0n) is 22.0. The summed E-state index contributed by atoms with van der Waals surface area (Å²) >= 11 is 1.54. The molecular formula is C31H36N2O4S. The van der Waals surface area contributed by atoms with Crippen molar-refractivity contribution < 1.29 is 19.8 Å². The van der Waals surface area contributed by atoms with Crippen LogP contribution in [0.4, 0.5) is 0 Å². The van der Waals surface area contributed by atoms with E-state index in [1.165, 1.54) is 5.56 Å². The molecule has 0 radical (unpaired) electrons. The highest BCUT2D eigenvalue weighted by atomic mass is 32.2. The van der Waals surface area contributed by atoms with Crippen LogP contribution in [0.5, 0.6) is 0 Å². The second-order valence-corrected chi connectivity index (χ2v) is 11.0. The summed E-state index contributed by atoms with van der Waals surface area (Å²) in [4.78, 5) is 27.5. The molecule has 0 bridgehead atoms. The van der Waals surface area contributed by atoms with E-state index in [1.54, 1.807) is 23.9 Å². The van der Waals surface area contributed by atoms with E-state index in [2.05, 4.69) is 22.3 Å². The van der Waals surface area contributed by atoms with Crippen LogP contribution in [0.3, 0.4) is 0 Å². The molecule has 3 aromatic carbocycles. The molecular weight excluding hydrogens is 496 g/mol. The maximum absolute atomic E-state index is 13.3. The molecule has 3 N–H and O–H groups in total. The molecule has 7 heteroatoms. The normalized spacial score (nSPS) is 17.2. The van der Waals surface area contributed by atoms with Crippen molar-refractivity contribution in [3.63, 3.8) is 0 Å². The minimum atomic E-state index is -1.04. The van der Waals surface area contributed by atoms with Gasteiger partial charge in [-0.2, -0.15) is 11.8 Å². The fourth-order valence-electron chi connectivity index (χ4n) is 5.15. The van der Waals surface area contributed by atoms with Crippen molar-refractivity contribution in [1.82, 2.24) is 10.2 Å². The Bertz CT molecular complexity index is 1250. The lowest BCUT2D eigenvalue weighted by Crippen LogP contribution is -2.41. The number of nitrogens with zero attached hydrogens (tertiary/aromatic N) is 1. The standard InChI is InChI=1S/C31H36N2O4S/c1-21-8-6-7-11-25(21)27-18-23(12-13-26(27)30(35)32-28(31(36)37)15-17-38-2)29(34)24-14-16-33(20-24)19-22-9-4-3-5-10-22/h3-13,18,24,28-29,34H,14-17,19-20H2,1-2H3,(H,32,35)(H,36,37)/t24?,28-,29?/m0/s1. The van der Waals surface area contributed by atoms with Crippen LogP contribution in [0.15, 0.2) is 72.8 Å². The molecule has 4 rings (SSSR count). The summed E-state index contributed by atoms with van der Waals surface area (Å²) in [5.74, 6) is -0.743. The number of likely N-dealkylation sites (tertiary alicyclic amines) is 1. The first kappa shape index (κ1) is 27.9. The number of benzene rings is 3. The van der Waals surface area contributed by atoms with Crippen molar-refractivity contribution in [2.24, 2.45) is 5.92 Å². The number of rotatable bonds is 11. The van der Waals surface area contributed by atoms with Crippen molar-refractivity contribution >= 4 is 23.6 Å². The molecule has 200 valence electrons. The molecule has 3 atom stereocenters. The van der Waals surface area contributed by atoms with Crippen LogP contribution in [-0.2, 0) is 11.3 Å². The van der Waals surface area contributed by atoms with E-state index in [-0.39, 0.29) is 5.92 Å². The van der Waals surface area contributed by atoms with Crippen molar-refractivity contribution in [2.75, 3.05) is 25.1 Å². The van der Waals surface area contributed by atoms with Crippen LogP contribution in [0, 0.1) is 12.8 Å². The van der Waals surface area contributed by atoms with Gasteiger partial charge in [-0.25, -0.2) is 4.79 Å². The fourth-order valence-corrected chi connectivity index (χ4v) is 5.62. The number of aryl methyl sites for hydroxylation is 1. The van der Waals surface area contributed by atoms with Crippen molar-refractivity contribution in [3.05, 3.63) is 95.1 Å². The van der Waals surface area contributed by atoms with Gasteiger partial charge in [0, 0.05) is 24.6 Å². The number of carboxylic acid groups (broad SMARTS) is 1. The van der Waals surface area contributed by atoms with Gasteiger partial charge < -0.3 is 15.5 Å². The summed E-state index contributed by atoms with van der Waals surface area (Å²) in [7, 11) is 0. The van der Waals surface area contributed by atoms with Crippen LogP contribution in [0.25, 0.3) is 11.1 Å². The van der Waals surface area contributed by atoms with Gasteiger partial charge in [-0.1, -0.05) is 60.7 Å². The minimum Gasteiger partial charge on any atom is -0.480 e. The Labute approximate surface area is 229 Å². The second kappa shape index (κ2) is 13.1. The molecule has 1 aliphatic rings. The number of amides is 1. The average molecular weight is 533 g/mol. The molecule has 1 amide bonds. The number of carboxylic acids is 1. The molecule has 6 nitrogen and oxygen atoms in total. The van der Waals surface area contributed by atoms with Gasteiger partial charge in [0.1, 0.15) is 6.04 Å². The third-order valence-corrected chi connectivity index (χ3v) is 7.93. The van der Waals surface area contributed by atoms with E-state index in [0.29, 0.717) is 23.3 Å². The lowest BCUT2D eigenvalue weighted by Gasteiger charge is -2.22. The lowest BCUT2D eigenvalue weighted by molar-refractivity contribution is -0.139. The maximum Gasteiger partial charge on any atom is 0.326 e. The summed E-state index contributed by atoms with van der Waals surface area (Å²) < 4.78 is 0. The minimum absolute atomic E-state index is 0.0889. The van der Waals surface area contributed by atoms with Gasteiger partial charge in [0.05, 0.1) is 6.10 Å². The van der Waals surface area contributed by atoms with Crippen molar-refractivity contribution in [1.29, 1.82) is 0 Å². The van der Waals surface area contributed by atoms with Crippen LogP contribution in [0.2, 0.25) is 0 Å². The highest BCUT2D eigenvalue weighted by Crippen LogP contribution is 2.35. The molecule has 1 aliphatic heterocycles. The SMILES string of the molecule is CSCC[C@H](NC(=O)c1ccc(C(O)C2CCN(Cc3ccccc3)C2)cc1-c1ccccc1C)C(=O)O. The molecule has 0 spiro atoms. The molecule has 38 heavy (non-hydrogen) atoms. The summed E-state index contributed by atoms with van der Waals surface area (Å²) in [6, 6.07) is 22.6. The number of aliphatic hydroxyl groups is 1. The van der Waals surface area contributed by atoms with E-state index < -0.39 is 24.0 Å². The molecule has 0 aromatic heterocycles. The highest BCUT2D eigenvalue weighted by Gasteiger charge is 2.30. The van der Waals surface area contributed by atoms with E-state index in [0.717, 1.165) is 42.7 Å². The van der Waals surface area contributed by atoms with Crippen LogP contribution in [-0.4, -0.2) is 58.1 Å². The van der Waals surface area contributed by atoms with Gasteiger partial charge in [0.25, 0.3) is 5.91 Å². The third-order valence-electron chi connectivity index (χ3n) is 7.28. The van der Waals surface area contributed by atoms with Gasteiger partial charge in [-0.3, -0.25) is 9.69 Å². The lowest BCUT2D eigenvalue weighted by atomic mass is 9.89. The number of hydrogen-bond acceptors (Lipinski definition) is 5. The summed E-state index contributed by atoms with van der Waals surface area (Å²) in [6.07, 6.45) is 2.49. The van der Waals surface area contributed by atoms with Gasteiger partial charge in [0.15, 0.2) is 0 Å². The van der Waals surface area contributed by atoms with Gasteiger partial charge in [-0.15, -0.1) is 0 Å². The number of thioether (sulfide) groups is 1. The number of aliphatic carboxylic acids is 1. The van der Waals surface area contributed by atoms with Gasteiger partial charge >= 0.3 is 5.97 Å². The predicted octanol–water partition coefficient (Wildman–Crippen LogP) is 5.15. The Morgan fingerprint density at radius 3 is 2.50 bits per heavy atom. The molecule has 1 heterocycles. The first-order valence-electron chi connectivity index (χ1n) is 13.0. The molecule has 0 aliphatic carbocycles. The predicted molar refractivity (Wildman–Crippen MR) is 153 cm³/mol. The first-order chi connectivity index (χ1) is 18.4. The first-order valence-corrected chi connectivity index (χ1v) is 14.4. The summed E-state index contributed by atoms with van der Waals surface area (Å²) in [5.41, 5.74) is 5.02. The topological polar surface area (TPSA) is 89.9 Å². The second-order valence-electron chi connectivity index (χ2n) is 9.98. The number of nitrogens with one attached hydrogen (secondary N) is 1. The van der Waals surface area contributed by atoms with Crippen LogP contribution in [0.1, 0.15) is 46.0 Å². The Balaban J connectivity index is 1.58. The summed E-state index contributed by atoms with van der Waals surface area (Å²) in [5, 5.41) is 23.7. The molecule has 1 fully saturated rings. The average Bonchev–Trinajstić information content (AvgIpc) is 3.39. The number of carbonyl (C=O) groups is 2. The maximum atomic E-state index is 13.3. The Kier molecular flexibility index (Phi) is 9.61. The zero-order valence-corrected chi connectivity index (χ0v) is 22.8. The Morgan fingerprint density at radius 1 is 1.05 bits per heavy atom. The highest BCUT2D eigenvalue weighted by molar-refractivity contribution is 7.98. The molecule has 1 saturated heterocycles. The van der Waals surface area contributed by atoms with Crippen LogP contribution >= 0.6 is 11.8 Å². The smallest absolute Gasteiger partial charge is 0.326 e. The van der Waals surface area contributed by atoms with Gasteiger partial charge in [0.2, 0.25) is 0 Å².